The van der Waals surface area contributed by atoms with Crippen LogP contribution in [-0.2, 0) is 14.3 Å². The van der Waals surface area contributed by atoms with Crippen LogP contribution in [0.15, 0.2) is 0 Å². The van der Waals surface area contributed by atoms with E-state index in [0.29, 0.717) is 6.42 Å². The maximum atomic E-state index is 10.0. The van der Waals surface area contributed by atoms with Crippen molar-refractivity contribution in [3.05, 3.63) is 0 Å². The average molecular weight is 148 g/mol. The molecule has 0 aromatic carbocycles. The molecule has 4 heteroatoms. The van der Waals surface area contributed by atoms with Crippen LogP contribution in [-0.4, -0.2) is 31.6 Å². The second kappa shape index (κ2) is 5.20. The highest BCUT2D eigenvalue weighted by Gasteiger charge is 2.06. The van der Waals surface area contributed by atoms with Gasteiger partial charge in [-0.05, 0) is 0 Å². The van der Waals surface area contributed by atoms with E-state index >= 15 is 0 Å². The fraction of sp³-hybridized carbons (Fsp3) is 0.833. The molecule has 0 aromatic heterocycles. The minimum absolute atomic E-state index is 0.0757. The number of methoxy groups -OCH3 is 2. The average Bonchev–Trinajstić information content (AvgIpc) is 1.90. The highest BCUT2D eigenvalue weighted by Crippen LogP contribution is 2.00. The third-order valence-electron chi connectivity index (χ3n) is 1.12. The smallest absolute Gasteiger partial charge is 0.303 e. The number of carboxylic acid groups (broad SMARTS) is 1. The summed E-state index contributed by atoms with van der Waals surface area (Å²) in [7, 11) is 2.96. The van der Waals surface area contributed by atoms with E-state index in [-0.39, 0.29) is 6.42 Å². The first kappa shape index (κ1) is 9.39. The van der Waals surface area contributed by atoms with E-state index in [1.54, 1.807) is 0 Å². The standard InChI is InChI=1S/C6H12O4/c1-9-6(10-2)4-3-5(7)8/h6H,3-4H2,1-2H3,(H,7,8). The van der Waals surface area contributed by atoms with Crippen LogP contribution >= 0.6 is 0 Å². The van der Waals surface area contributed by atoms with Gasteiger partial charge in [0.15, 0.2) is 6.29 Å². The first-order valence-corrected chi connectivity index (χ1v) is 2.98. The highest BCUT2D eigenvalue weighted by molar-refractivity contribution is 5.66. The van der Waals surface area contributed by atoms with Crippen molar-refractivity contribution in [1.82, 2.24) is 0 Å². The lowest BCUT2D eigenvalue weighted by molar-refractivity contribution is -0.142. The number of aliphatic carboxylic acids is 1. The SMILES string of the molecule is COC(CCC(=O)O)OC. The molecule has 0 aliphatic rings. The zero-order valence-corrected chi connectivity index (χ0v) is 6.16. The Morgan fingerprint density at radius 3 is 2.30 bits per heavy atom. The van der Waals surface area contributed by atoms with E-state index in [4.69, 9.17) is 14.6 Å². The molecule has 0 saturated carbocycles. The van der Waals surface area contributed by atoms with E-state index in [1.165, 1.54) is 14.2 Å². The summed E-state index contributed by atoms with van der Waals surface area (Å²) in [4.78, 5) is 10.0. The largest absolute Gasteiger partial charge is 0.481 e. The molecule has 0 aliphatic heterocycles. The van der Waals surface area contributed by atoms with Gasteiger partial charge in [0.1, 0.15) is 0 Å². The zero-order valence-electron chi connectivity index (χ0n) is 6.16. The van der Waals surface area contributed by atoms with Crippen molar-refractivity contribution in [1.29, 1.82) is 0 Å². The van der Waals surface area contributed by atoms with Gasteiger partial charge in [-0.25, -0.2) is 0 Å². The van der Waals surface area contributed by atoms with Crippen molar-refractivity contribution in [2.24, 2.45) is 0 Å². The Balaban J connectivity index is 3.34. The molecule has 0 atom stereocenters. The van der Waals surface area contributed by atoms with Gasteiger partial charge in [0, 0.05) is 20.6 Å². The van der Waals surface area contributed by atoms with Gasteiger partial charge in [-0.15, -0.1) is 0 Å². The second-order valence-electron chi connectivity index (χ2n) is 1.83. The summed E-state index contributed by atoms with van der Waals surface area (Å²) < 4.78 is 9.53. The van der Waals surface area contributed by atoms with E-state index in [0.717, 1.165) is 0 Å². The molecule has 10 heavy (non-hydrogen) atoms. The van der Waals surface area contributed by atoms with Crippen molar-refractivity contribution in [3.63, 3.8) is 0 Å². The minimum atomic E-state index is -0.834. The minimum Gasteiger partial charge on any atom is -0.481 e. The van der Waals surface area contributed by atoms with Crippen LogP contribution in [0.3, 0.4) is 0 Å². The van der Waals surface area contributed by atoms with E-state index in [2.05, 4.69) is 0 Å². The van der Waals surface area contributed by atoms with Crippen molar-refractivity contribution >= 4 is 5.97 Å². The summed E-state index contributed by atoms with van der Waals surface area (Å²) in [6.45, 7) is 0. The van der Waals surface area contributed by atoms with Crippen LogP contribution in [0.2, 0.25) is 0 Å². The van der Waals surface area contributed by atoms with Gasteiger partial charge in [-0.1, -0.05) is 0 Å². The highest BCUT2D eigenvalue weighted by atomic mass is 16.7. The topological polar surface area (TPSA) is 55.8 Å². The van der Waals surface area contributed by atoms with Crippen LogP contribution in [0.5, 0.6) is 0 Å². The van der Waals surface area contributed by atoms with Crippen molar-refractivity contribution in [3.8, 4) is 0 Å². The van der Waals surface area contributed by atoms with Crippen LogP contribution in [0, 0.1) is 0 Å². The maximum absolute atomic E-state index is 10.0. The molecule has 0 saturated heterocycles. The predicted molar refractivity (Wildman–Crippen MR) is 34.7 cm³/mol. The van der Waals surface area contributed by atoms with Crippen molar-refractivity contribution < 1.29 is 19.4 Å². The quantitative estimate of drug-likeness (QED) is 0.576. The molecule has 1 N–H and O–H groups in total. The van der Waals surface area contributed by atoms with Gasteiger partial charge in [0.05, 0.1) is 6.42 Å². The number of hydrogen-bond acceptors (Lipinski definition) is 3. The number of hydrogen-bond donors (Lipinski definition) is 1. The molecular weight excluding hydrogens is 136 g/mol. The van der Waals surface area contributed by atoms with E-state index < -0.39 is 12.3 Å². The molecule has 60 valence electrons. The maximum Gasteiger partial charge on any atom is 0.303 e. The molecule has 0 rings (SSSR count). The van der Waals surface area contributed by atoms with E-state index in [9.17, 15) is 4.79 Å². The summed E-state index contributed by atoms with van der Waals surface area (Å²) in [5.41, 5.74) is 0. The van der Waals surface area contributed by atoms with Gasteiger partial charge in [0.25, 0.3) is 0 Å². The summed E-state index contributed by atoms with van der Waals surface area (Å²) in [5, 5.41) is 8.24. The van der Waals surface area contributed by atoms with Gasteiger partial charge in [0.2, 0.25) is 0 Å². The summed E-state index contributed by atoms with van der Waals surface area (Å²) in [5.74, 6) is -0.834. The Morgan fingerprint density at radius 2 is 2.00 bits per heavy atom. The van der Waals surface area contributed by atoms with Crippen LogP contribution in [0.1, 0.15) is 12.8 Å². The van der Waals surface area contributed by atoms with E-state index in [1.807, 2.05) is 0 Å². The Morgan fingerprint density at radius 1 is 1.50 bits per heavy atom. The van der Waals surface area contributed by atoms with Gasteiger partial charge in [-0.3, -0.25) is 4.79 Å². The molecule has 4 nitrogen and oxygen atoms in total. The number of carbonyl (C=O) groups is 1. The Hall–Kier alpha value is -0.610. The Labute approximate surface area is 59.7 Å². The first-order valence-electron chi connectivity index (χ1n) is 2.98. The van der Waals surface area contributed by atoms with Gasteiger partial charge >= 0.3 is 5.97 Å². The molecule has 0 radical (unpaired) electrons. The van der Waals surface area contributed by atoms with Crippen LogP contribution < -0.4 is 0 Å². The Bertz CT molecular complexity index is 97.9. The number of ether oxygens (including phenoxy) is 2. The Kier molecular flexibility index (Phi) is 4.88. The van der Waals surface area contributed by atoms with Gasteiger partial charge in [-0.2, -0.15) is 0 Å². The van der Waals surface area contributed by atoms with Crippen molar-refractivity contribution in [2.45, 2.75) is 19.1 Å². The molecule has 0 aromatic rings. The fourth-order valence-electron chi connectivity index (χ4n) is 0.573. The fourth-order valence-corrected chi connectivity index (χ4v) is 0.573. The van der Waals surface area contributed by atoms with Gasteiger partial charge < -0.3 is 14.6 Å². The summed E-state index contributed by atoms with van der Waals surface area (Å²) >= 11 is 0. The van der Waals surface area contributed by atoms with Crippen LogP contribution in [0.25, 0.3) is 0 Å². The molecule has 0 spiro atoms. The zero-order chi connectivity index (χ0) is 7.98. The summed E-state index contributed by atoms with van der Waals surface area (Å²) in [6, 6.07) is 0. The molecular formula is C6H12O4. The third kappa shape index (κ3) is 4.29. The lowest BCUT2D eigenvalue weighted by Gasteiger charge is -2.10. The molecule has 0 aliphatic carbocycles. The summed E-state index contributed by atoms with van der Waals surface area (Å²) in [6.07, 6.45) is 0.0744. The molecule has 0 amide bonds. The number of carboxylic acids is 1. The number of rotatable bonds is 5. The lowest BCUT2D eigenvalue weighted by Crippen LogP contribution is -2.14. The molecule has 0 bridgehead atoms. The normalized spacial score (nSPS) is 10.3. The first-order chi connectivity index (χ1) is 4.70. The predicted octanol–water partition coefficient (Wildman–Crippen LogP) is 0.470. The lowest BCUT2D eigenvalue weighted by atomic mass is 10.3. The van der Waals surface area contributed by atoms with Crippen molar-refractivity contribution in [2.75, 3.05) is 14.2 Å². The molecule has 0 heterocycles. The second-order valence-corrected chi connectivity index (χ2v) is 1.83. The monoisotopic (exact) mass is 148 g/mol. The third-order valence-corrected chi connectivity index (χ3v) is 1.12. The van der Waals surface area contributed by atoms with Crippen LogP contribution in [0.4, 0.5) is 0 Å². The molecule has 0 fully saturated rings. The molecule has 0 unspecified atom stereocenters.